The van der Waals surface area contributed by atoms with Crippen LogP contribution < -0.4 is 10.0 Å². The summed E-state index contributed by atoms with van der Waals surface area (Å²) in [5.74, 6) is 0.270. The minimum Gasteiger partial charge on any atom is -0.377 e. The molecule has 13 heteroatoms. The van der Waals surface area contributed by atoms with Crippen LogP contribution in [0.25, 0.3) is 21.9 Å². The predicted octanol–water partition coefficient (Wildman–Crippen LogP) is 2.77. The Hall–Kier alpha value is -2.32. The van der Waals surface area contributed by atoms with Crippen molar-refractivity contribution in [3.05, 3.63) is 35.1 Å². The van der Waals surface area contributed by atoms with Crippen LogP contribution in [0.15, 0.2) is 29.4 Å². The van der Waals surface area contributed by atoms with E-state index in [-0.39, 0.29) is 21.3 Å². The lowest BCUT2D eigenvalue weighted by molar-refractivity contribution is -0.0713. The van der Waals surface area contributed by atoms with E-state index in [1.54, 1.807) is 16.7 Å². The van der Waals surface area contributed by atoms with Crippen LogP contribution in [0.4, 0.5) is 8.78 Å². The minimum atomic E-state index is -3.83. The lowest BCUT2D eigenvalue weighted by atomic mass is 9.83. The standard InChI is InChI=1S/C21H22F2N6O3S2/c1-20(3-4-20)28-34(30,31)13-6-14(12-2-5-25-21(7-12)10-32-11-21)15-8-24-17(29(15)9-13)19-27-26-18(33-19)16(22)23/h2,6,8-9,16,25,28H,3-5,7,10-11H2,1H3. The maximum absolute atomic E-state index is 13.3. The Morgan fingerprint density at radius 3 is 2.74 bits per heavy atom. The van der Waals surface area contributed by atoms with Crippen molar-refractivity contribution in [1.82, 2.24) is 29.6 Å². The van der Waals surface area contributed by atoms with Crippen LogP contribution in [0.3, 0.4) is 0 Å². The molecular weight excluding hydrogens is 486 g/mol. The fourth-order valence-electron chi connectivity index (χ4n) is 4.37. The summed E-state index contributed by atoms with van der Waals surface area (Å²) in [6, 6.07) is 1.67. The molecule has 3 aromatic heterocycles. The van der Waals surface area contributed by atoms with E-state index < -0.39 is 27.0 Å². The third-order valence-corrected chi connectivity index (χ3v) is 9.11. The van der Waals surface area contributed by atoms with Gasteiger partial charge in [0.25, 0.3) is 6.43 Å². The number of hydrogen-bond donors (Lipinski definition) is 2. The Morgan fingerprint density at radius 1 is 1.29 bits per heavy atom. The van der Waals surface area contributed by atoms with Crippen molar-refractivity contribution >= 4 is 32.4 Å². The number of imidazole rings is 1. The van der Waals surface area contributed by atoms with Gasteiger partial charge in [-0.15, -0.1) is 10.2 Å². The van der Waals surface area contributed by atoms with E-state index in [1.165, 1.54) is 6.20 Å². The molecule has 2 fully saturated rings. The van der Waals surface area contributed by atoms with Gasteiger partial charge in [0.2, 0.25) is 10.0 Å². The molecule has 0 unspecified atom stereocenters. The zero-order valence-electron chi connectivity index (χ0n) is 18.2. The first kappa shape index (κ1) is 22.2. The average Bonchev–Trinajstić information content (AvgIpc) is 3.18. The van der Waals surface area contributed by atoms with Crippen LogP contribution in [0.1, 0.15) is 43.2 Å². The smallest absolute Gasteiger partial charge is 0.291 e. The fourth-order valence-corrected chi connectivity index (χ4v) is 6.55. The fraction of sp³-hybridized carbons (Fsp3) is 0.476. The maximum atomic E-state index is 13.3. The molecule has 6 rings (SSSR count). The van der Waals surface area contributed by atoms with E-state index in [9.17, 15) is 17.2 Å². The van der Waals surface area contributed by atoms with Gasteiger partial charge in [0, 0.05) is 23.8 Å². The number of ether oxygens (including phenoxy) is 1. The van der Waals surface area contributed by atoms with Gasteiger partial charge in [-0.1, -0.05) is 17.4 Å². The van der Waals surface area contributed by atoms with Crippen LogP contribution in [0.5, 0.6) is 0 Å². The summed E-state index contributed by atoms with van der Waals surface area (Å²) >= 11 is 0.739. The Labute approximate surface area is 198 Å². The number of pyridine rings is 1. The third-order valence-electron chi connectivity index (χ3n) is 6.58. The van der Waals surface area contributed by atoms with Crippen LogP contribution in [-0.2, 0) is 14.8 Å². The molecule has 1 spiro atoms. The number of rotatable bonds is 6. The van der Waals surface area contributed by atoms with E-state index in [4.69, 9.17) is 4.74 Å². The van der Waals surface area contributed by atoms with Gasteiger partial charge in [0.1, 0.15) is 0 Å². The highest BCUT2D eigenvalue weighted by Gasteiger charge is 2.43. The summed E-state index contributed by atoms with van der Waals surface area (Å²) in [5, 5.41) is 10.7. The second kappa shape index (κ2) is 7.59. The molecule has 3 aromatic rings. The van der Waals surface area contributed by atoms with Gasteiger partial charge in [-0.05, 0) is 37.8 Å². The quantitative estimate of drug-likeness (QED) is 0.527. The number of fused-ring (bicyclic) bond motifs is 1. The minimum absolute atomic E-state index is 0.0827. The van der Waals surface area contributed by atoms with Crippen molar-refractivity contribution in [1.29, 1.82) is 0 Å². The first-order chi connectivity index (χ1) is 16.2. The first-order valence-electron chi connectivity index (χ1n) is 10.9. The average molecular weight is 509 g/mol. The molecule has 5 heterocycles. The SMILES string of the molecule is CC1(NS(=O)(=O)c2cc(C3=CCNC4(COC4)C3)c3cnc(-c4nnc(C(F)F)s4)n3c2)CC1. The van der Waals surface area contributed by atoms with Gasteiger partial charge >= 0.3 is 0 Å². The number of nitrogens with one attached hydrogen (secondary N) is 2. The second-order valence-corrected chi connectivity index (χ2v) is 12.1. The van der Waals surface area contributed by atoms with Crippen LogP contribution in [0, 0.1) is 0 Å². The van der Waals surface area contributed by atoms with Gasteiger partial charge in [-0.2, -0.15) is 0 Å². The Balaban J connectivity index is 1.51. The van der Waals surface area contributed by atoms with E-state index in [0.29, 0.717) is 31.7 Å². The molecule has 0 atom stereocenters. The Kier molecular flexibility index (Phi) is 4.95. The lowest BCUT2D eigenvalue weighted by Gasteiger charge is -2.45. The van der Waals surface area contributed by atoms with Crippen molar-refractivity contribution in [2.75, 3.05) is 19.8 Å². The van der Waals surface area contributed by atoms with Crippen molar-refractivity contribution in [2.24, 2.45) is 0 Å². The molecule has 9 nitrogen and oxygen atoms in total. The second-order valence-electron chi connectivity index (χ2n) is 9.40. The van der Waals surface area contributed by atoms with Gasteiger partial charge < -0.3 is 10.1 Å². The lowest BCUT2D eigenvalue weighted by Crippen LogP contribution is -2.61. The molecule has 180 valence electrons. The van der Waals surface area contributed by atoms with Crippen LogP contribution >= 0.6 is 11.3 Å². The van der Waals surface area contributed by atoms with Crippen LogP contribution in [0.2, 0.25) is 0 Å². The van der Waals surface area contributed by atoms with Crippen molar-refractivity contribution < 1.29 is 21.9 Å². The molecule has 0 bridgehead atoms. The molecule has 1 aliphatic carbocycles. The normalized spacial score (nSPS) is 21.1. The highest BCUT2D eigenvalue weighted by Crippen LogP contribution is 2.39. The van der Waals surface area contributed by atoms with Crippen molar-refractivity contribution in [3.63, 3.8) is 0 Å². The number of halogens is 2. The zero-order valence-corrected chi connectivity index (χ0v) is 19.8. The highest BCUT2D eigenvalue weighted by molar-refractivity contribution is 7.89. The molecule has 0 aromatic carbocycles. The van der Waals surface area contributed by atoms with E-state index in [2.05, 4.69) is 25.2 Å². The largest absolute Gasteiger partial charge is 0.377 e. The van der Waals surface area contributed by atoms with Gasteiger partial charge in [-0.25, -0.2) is 26.9 Å². The van der Waals surface area contributed by atoms with Crippen LogP contribution in [-0.4, -0.2) is 58.8 Å². The number of alkyl halides is 2. The predicted molar refractivity (Wildman–Crippen MR) is 121 cm³/mol. The summed E-state index contributed by atoms with van der Waals surface area (Å²) in [6.45, 7) is 3.68. The molecule has 1 saturated heterocycles. The molecule has 34 heavy (non-hydrogen) atoms. The summed E-state index contributed by atoms with van der Waals surface area (Å²) < 4.78 is 62.6. The summed E-state index contributed by atoms with van der Waals surface area (Å²) in [6.07, 6.45) is 4.61. The Bertz CT molecular complexity index is 1420. The molecule has 2 aliphatic heterocycles. The third kappa shape index (κ3) is 3.75. The molecule has 2 N–H and O–H groups in total. The number of nitrogens with zero attached hydrogens (tertiary/aromatic N) is 4. The topological polar surface area (TPSA) is 111 Å². The monoisotopic (exact) mass is 508 g/mol. The van der Waals surface area contributed by atoms with Gasteiger partial charge in [0.15, 0.2) is 15.8 Å². The molecular formula is C21H22F2N6O3S2. The molecule has 3 aliphatic rings. The maximum Gasteiger partial charge on any atom is 0.291 e. The van der Waals surface area contributed by atoms with E-state index >= 15 is 0 Å². The van der Waals surface area contributed by atoms with Crippen molar-refractivity contribution in [2.45, 2.75) is 48.6 Å². The highest BCUT2D eigenvalue weighted by atomic mass is 32.2. The number of aromatic nitrogens is 4. The molecule has 0 amide bonds. The zero-order chi connectivity index (χ0) is 23.7. The molecule has 1 saturated carbocycles. The first-order valence-corrected chi connectivity index (χ1v) is 13.2. The van der Waals surface area contributed by atoms with E-state index in [1.807, 2.05) is 13.0 Å². The van der Waals surface area contributed by atoms with Gasteiger partial charge in [0.05, 0.1) is 35.4 Å². The Morgan fingerprint density at radius 2 is 2.09 bits per heavy atom. The molecule has 0 radical (unpaired) electrons. The van der Waals surface area contributed by atoms with E-state index in [0.717, 1.165) is 35.3 Å². The number of hydrogen-bond acceptors (Lipinski definition) is 8. The summed E-state index contributed by atoms with van der Waals surface area (Å²) in [4.78, 5) is 4.50. The number of sulfonamides is 1. The summed E-state index contributed by atoms with van der Waals surface area (Å²) in [5.41, 5.74) is 1.78. The van der Waals surface area contributed by atoms with Gasteiger partial charge in [-0.3, -0.25) is 4.40 Å². The van der Waals surface area contributed by atoms with Crippen molar-refractivity contribution in [3.8, 4) is 10.8 Å². The summed E-state index contributed by atoms with van der Waals surface area (Å²) in [7, 11) is -3.83.